The summed E-state index contributed by atoms with van der Waals surface area (Å²) in [7, 11) is 0. The highest BCUT2D eigenvalue weighted by Gasteiger charge is 2.24. The first-order valence-corrected chi connectivity index (χ1v) is 14.3. The number of nitrogens with zero attached hydrogens (tertiary/aromatic N) is 5. The van der Waals surface area contributed by atoms with Gasteiger partial charge in [0.05, 0.1) is 31.6 Å². The summed E-state index contributed by atoms with van der Waals surface area (Å²) < 4.78 is 10.0. The van der Waals surface area contributed by atoms with Crippen molar-refractivity contribution < 1.29 is 23.9 Å². The molecule has 0 radical (unpaired) electrons. The molecule has 0 aliphatic rings. The third-order valence-electron chi connectivity index (χ3n) is 6.68. The van der Waals surface area contributed by atoms with Crippen molar-refractivity contribution in [1.82, 2.24) is 25.3 Å². The van der Waals surface area contributed by atoms with Gasteiger partial charge in [0, 0.05) is 24.2 Å². The van der Waals surface area contributed by atoms with E-state index in [1.165, 1.54) is 5.56 Å². The Bertz CT molecular complexity index is 1580. The largest absolute Gasteiger partial charge is 0.466 e. The van der Waals surface area contributed by atoms with E-state index in [2.05, 4.69) is 42.3 Å². The molecular weight excluding hydrogens is 564 g/mol. The number of amides is 1. The molecule has 13 nitrogen and oxygen atoms in total. The van der Waals surface area contributed by atoms with Gasteiger partial charge < -0.3 is 31.2 Å². The van der Waals surface area contributed by atoms with E-state index in [0.717, 1.165) is 12.1 Å². The highest BCUT2D eigenvalue weighted by Crippen LogP contribution is 2.21. The summed E-state index contributed by atoms with van der Waals surface area (Å²) in [5.74, 6) is -1.36. The van der Waals surface area contributed by atoms with Gasteiger partial charge >= 0.3 is 11.9 Å². The lowest BCUT2D eigenvalue weighted by atomic mass is 10.1. The van der Waals surface area contributed by atoms with Crippen LogP contribution in [0.1, 0.15) is 48.3 Å². The van der Waals surface area contributed by atoms with Crippen molar-refractivity contribution in [3.8, 4) is 0 Å². The van der Waals surface area contributed by atoms with E-state index in [4.69, 9.17) is 20.9 Å². The highest BCUT2D eigenvalue weighted by atomic mass is 16.5. The second kappa shape index (κ2) is 15.2. The number of hydrogen-bond acceptors (Lipinski definition) is 12. The molecule has 2 aromatic carbocycles. The standard InChI is InChI=1S/C31H36N8O5/c1-3-43-25(40)15-14-24(30(42)44-4-2)36-29(41)21-10-12-23(13-11-21)39(17-16-20-8-6-5-7-9-20)19-22-18-34-28-26(35-22)27(32)37-31(33)38-28/h5-13,18,24H,3-4,14-17,19H2,1-2H3,(H,36,41)(H4,32,33,34,37,38)/t24-/m0/s1. The average Bonchev–Trinajstić information content (AvgIpc) is 3.02. The van der Waals surface area contributed by atoms with E-state index in [0.29, 0.717) is 35.5 Å². The second-order valence-electron chi connectivity index (χ2n) is 9.83. The monoisotopic (exact) mass is 600 g/mol. The Balaban J connectivity index is 1.52. The molecule has 0 unspecified atom stereocenters. The van der Waals surface area contributed by atoms with Crippen LogP contribution in [0.4, 0.5) is 17.5 Å². The molecule has 44 heavy (non-hydrogen) atoms. The van der Waals surface area contributed by atoms with E-state index in [1.807, 2.05) is 30.3 Å². The highest BCUT2D eigenvalue weighted by molar-refractivity contribution is 5.97. The lowest BCUT2D eigenvalue weighted by Gasteiger charge is -2.25. The van der Waals surface area contributed by atoms with Gasteiger partial charge in [-0.1, -0.05) is 30.3 Å². The SMILES string of the molecule is CCOC(=O)CC[C@H](NC(=O)c1ccc(N(CCc2ccccc2)Cc2cnc3nc(N)nc(N)c3n2)cc1)C(=O)OCC. The van der Waals surface area contributed by atoms with Gasteiger partial charge in [0.1, 0.15) is 6.04 Å². The number of carbonyl (C=O) groups is 3. The summed E-state index contributed by atoms with van der Waals surface area (Å²) in [4.78, 5) is 56.6. The number of hydrogen-bond donors (Lipinski definition) is 3. The third-order valence-corrected chi connectivity index (χ3v) is 6.68. The number of anilines is 3. The summed E-state index contributed by atoms with van der Waals surface area (Å²) in [5, 5.41) is 2.69. The van der Waals surface area contributed by atoms with Crippen molar-refractivity contribution in [2.75, 3.05) is 36.1 Å². The van der Waals surface area contributed by atoms with Crippen molar-refractivity contribution in [3.05, 3.63) is 77.6 Å². The van der Waals surface area contributed by atoms with Crippen molar-refractivity contribution in [2.24, 2.45) is 0 Å². The maximum absolute atomic E-state index is 13.1. The zero-order chi connectivity index (χ0) is 31.5. The minimum Gasteiger partial charge on any atom is -0.466 e. The molecule has 0 bridgehead atoms. The Labute approximate surface area is 255 Å². The normalized spacial score (nSPS) is 11.5. The molecule has 0 saturated carbocycles. The molecule has 1 atom stereocenters. The van der Waals surface area contributed by atoms with Crippen molar-refractivity contribution in [1.29, 1.82) is 0 Å². The first-order chi connectivity index (χ1) is 21.3. The number of nitrogens with two attached hydrogens (primary N) is 2. The van der Waals surface area contributed by atoms with Crippen LogP contribution in [0, 0.1) is 0 Å². The minimum absolute atomic E-state index is 0.0261. The van der Waals surface area contributed by atoms with Crippen LogP contribution in [0.15, 0.2) is 60.8 Å². The third kappa shape index (κ3) is 8.60. The Hall–Kier alpha value is -5.33. The van der Waals surface area contributed by atoms with Gasteiger partial charge in [0.15, 0.2) is 17.0 Å². The number of fused-ring (bicyclic) bond motifs is 1. The lowest BCUT2D eigenvalue weighted by Crippen LogP contribution is -2.42. The molecule has 230 valence electrons. The Kier molecular flexibility index (Phi) is 10.9. The lowest BCUT2D eigenvalue weighted by molar-refractivity contribution is -0.146. The van der Waals surface area contributed by atoms with E-state index in [1.54, 1.807) is 32.2 Å². The number of esters is 2. The first-order valence-electron chi connectivity index (χ1n) is 14.3. The zero-order valence-electron chi connectivity index (χ0n) is 24.7. The van der Waals surface area contributed by atoms with Gasteiger partial charge in [-0.05, 0) is 56.5 Å². The van der Waals surface area contributed by atoms with Gasteiger partial charge in [0.2, 0.25) is 5.95 Å². The van der Waals surface area contributed by atoms with E-state index < -0.39 is 23.9 Å². The maximum Gasteiger partial charge on any atom is 0.328 e. The molecule has 2 heterocycles. The number of carbonyl (C=O) groups excluding carboxylic acids is 3. The first kappa shape index (κ1) is 31.6. The number of aromatic nitrogens is 4. The molecule has 4 aromatic rings. The van der Waals surface area contributed by atoms with E-state index in [9.17, 15) is 14.4 Å². The van der Waals surface area contributed by atoms with Crippen molar-refractivity contribution in [2.45, 2.75) is 45.7 Å². The molecule has 0 saturated heterocycles. The molecule has 1 amide bonds. The number of nitrogen functional groups attached to an aromatic ring is 2. The topological polar surface area (TPSA) is 189 Å². The summed E-state index contributed by atoms with van der Waals surface area (Å²) in [6.07, 6.45) is 2.41. The fourth-order valence-corrected chi connectivity index (χ4v) is 4.52. The van der Waals surface area contributed by atoms with Crippen molar-refractivity contribution in [3.63, 3.8) is 0 Å². The van der Waals surface area contributed by atoms with Crippen LogP contribution in [0.5, 0.6) is 0 Å². The van der Waals surface area contributed by atoms with Crippen LogP contribution < -0.4 is 21.7 Å². The van der Waals surface area contributed by atoms with Gasteiger partial charge in [-0.2, -0.15) is 9.97 Å². The van der Waals surface area contributed by atoms with Crippen LogP contribution in [-0.4, -0.2) is 63.6 Å². The summed E-state index contributed by atoms with van der Waals surface area (Å²) in [5.41, 5.74) is 15.4. The Morgan fingerprint density at radius 3 is 2.36 bits per heavy atom. The minimum atomic E-state index is -0.993. The molecule has 5 N–H and O–H groups in total. The molecule has 2 aromatic heterocycles. The van der Waals surface area contributed by atoms with Crippen LogP contribution in [0.2, 0.25) is 0 Å². The predicted octanol–water partition coefficient (Wildman–Crippen LogP) is 2.84. The predicted molar refractivity (Wildman–Crippen MR) is 165 cm³/mol. The second-order valence-corrected chi connectivity index (χ2v) is 9.83. The molecule has 0 fully saturated rings. The average molecular weight is 601 g/mol. The Morgan fingerprint density at radius 1 is 0.932 bits per heavy atom. The van der Waals surface area contributed by atoms with Gasteiger partial charge in [-0.3, -0.25) is 9.59 Å². The smallest absolute Gasteiger partial charge is 0.328 e. The molecule has 4 rings (SSSR count). The quantitative estimate of drug-likeness (QED) is 0.180. The number of ether oxygens (including phenoxy) is 2. The molecule has 0 spiro atoms. The van der Waals surface area contributed by atoms with Gasteiger partial charge in [-0.15, -0.1) is 0 Å². The van der Waals surface area contributed by atoms with Crippen LogP contribution in [0.3, 0.4) is 0 Å². The molecule has 13 heteroatoms. The Morgan fingerprint density at radius 2 is 1.66 bits per heavy atom. The number of benzene rings is 2. The fraction of sp³-hybridized carbons (Fsp3) is 0.323. The van der Waals surface area contributed by atoms with Crippen LogP contribution in [-0.2, 0) is 32.0 Å². The molecular formula is C31H36N8O5. The summed E-state index contributed by atoms with van der Waals surface area (Å²) in [6.45, 7) is 4.78. The summed E-state index contributed by atoms with van der Waals surface area (Å²) >= 11 is 0. The van der Waals surface area contributed by atoms with E-state index in [-0.39, 0.29) is 37.8 Å². The summed E-state index contributed by atoms with van der Waals surface area (Å²) in [6, 6.07) is 16.1. The zero-order valence-corrected chi connectivity index (χ0v) is 24.7. The molecule has 0 aliphatic heterocycles. The van der Waals surface area contributed by atoms with E-state index >= 15 is 0 Å². The van der Waals surface area contributed by atoms with Gasteiger partial charge in [0.25, 0.3) is 5.91 Å². The number of rotatable bonds is 14. The van der Waals surface area contributed by atoms with Crippen LogP contribution >= 0.6 is 0 Å². The van der Waals surface area contributed by atoms with Crippen molar-refractivity contribution >= 4 is 46.5 Å². The maximum atomic E-state index is 13.1. The van der Waals surface area contributed by atoms with Crippen LogP contribution in [0.25, 0.3) is 11.2 Å². The van der Waals surface area contributed by atoms with Gasteiger partial charge in [-0.25, -0.2) is 14.8 Å². The molecule has 0 aliphatic carbocycles. The fourth-order valence-electron chi connectivity index (χ4n) is 4.52. The number of nitrogens with one attached hydrogen (secondary N) is 1.